The second-order valence-electron chi connectivity index (χ2n) is 6.47. The summed E-state index contributed by atoms with van der Waals surface area (Å²) in [4.78, 5) is 18.6. The number of benzene rings is 1. The number of hydrogen-bond donors (Lipinski definition) is 0. The Morgan fingerprint density at radius 2 is 2.30 bits per heavy atom. The number of carbonyl (C=O) groups is 1. The second kappa shape index (κ2) is 6.94. The summed E-state index contributed by atoms with van der Waals surface area (Å²) in [5, 5.41) is 4.02. The Balaban J connectivity index is 1.58. The first kappa shape index (κ1) is 15.7. The molecule has 1 aliphatic heterocycles. The van der Waals surface area contributed by atoms with Gasteiger partial charge in [0.2, 0.25) is 17.6 Å². The van der Waals surface area contributed by atoms with Gasteiger partial charge in [-0.2, -0.15) is 4.98 Å². The molecule has 0 aliphatic carbocycles. The third-order valence-corrected chi connectivity index (χ3v) is 4.31. The molecule has 5 nitrogen and oxygen atoms in total. The van der Waals surface area contributed by atoms with Crippen LogP contribution in [0.2, 0.25) is 0 Å². The predicted molar refractivity (Wildman–Crippen MR) is 87.8 cm³/mol. The van der Waals surface area contributed by atoms with Gasteiger partial charge in [0.05, 0.1) is 0 Å². The van der Waals surface area contributed by atoms with E-state index in [0.717, 1.165) is 30.6 Å². The zero-order valence-corrected chi connectivity index (χ0v) is 13.8. The molecule has 0 radical (unpaired) electrons. The highest BCUT2D eigenvalue weighted by atomic mass is 16.5. The molecule has 0 N–H and O–H groups in total. The number of hydrogen-bond acceptors (Lipinski definition) is 4. The van der Waals surface area contributed by atoms with Crippen LogP contribution in [0.1, 0.15) is 37.6 Å². The van der Waals surface area contributed by atoms with Crippen LogP contribution >= 0.6 is 0 Å². The van der Waals surface area contributed by atoms with Crippen molar-refractivity contribution < 1.29 is 9.32 Å². The molecule has 2 aromatic rings. The van der Waals surface area contributed by atoms with Crippen LogP contribution in [0.25, 0.3) is 11.4 Å². The van der Waals surface area contributed by atoms with Crippen LogP contribution in [-0.2, 0) is 11.2 Å². The molecule has 23 heavy (non-hydrogen) atoms. The summed E-state index contributed by atoms with van der Waals surface area (Å²) in [6.07, 6.45) is 3.25. The predicted octanol–water partition coefficient (Wildman–Crippen LogP) is 3.24. The molecule has 2 heterocycles. The van der Waals surface area contributed by atoms with Crippen molar-refractivity contribution in [2.24, 2.45) is 5.92 Å². The monoisotopic (exact) mass is 313 g/mol. The van der Waals surface area contributed by atoms with E-state index in [-0.39, 0.29) is 5.91 Å². The third kappa shape index (κ3) is 3.97. The number of amides is 1. The van der Waals surface area contributed by atoms with Crippen LogP contribution in [0.4, 0.5) is 0 Å². The maximum atomic E-state index is 12.3. The molecule has 0 bridgehead atoms. The number of carbonyl (C=O) groups excluding carboxylic acids is 1. The molecule has 1 unspecified atom stereocenters. The quantitative estimate of drug-likeness (QED) is 0.869. The highest BCUT2D eigenvalue weighted by Crippen LogP contribution is 2.19. The minimum Gasteiger partial charge on any atom is -0.342 e. The maximum Gasteiger partial charge on any atom is 0.227 e. The lowest BCUT2D eigenvalue weighted by Gasteiger charge is -2.30. The van der Waals surface area contributed by atoms with Crippen molar-refractivity contribution in [1.29, 1.82) is 0 Å². The van der Waals surface area contributed by atoms with E-state index in [0.29, 0.717) is 30.5 Å². The van der Waals surface area contributed by atoms with Crippen molar-refractivity contribution in [3.8, 4) is 11.4 Å². The van der Waals surface area contributed by atoms with Crippen molar-refractivity contribution in [1.82, 2.24) is 15.0 Å². The summed E-state index contributed by atoms with van der Waals surface area (Å²) in [6, 6.07) is 7.99. The summed E-state index contributed by atoms with van der Waals surface area (Å²) in [5.41, 5.74) is 2.10. The Bertz CT molecular complexity index is 680. The van der Waals surface area contributed by atoms with Crippen molar-refractivity contribution in [2.75, 3.05) is 13.1 Å². The lowest BCUT2D eigenvalue weighted by atomic mass is 10.00. The van der Waals surface area contributed by atoms with E-state index < -0.39 is 0 Å². The van der Waals surface area contributed by atoms with E-state index in [4.69, 9.17) is 4.52 Å². The fraction of sp³-hybridized carbons (Fsp3) is 0.500. The Morgan fingerprint density at radius 3 is 3.09 bits per heavy atom. The standard InChI is InChI=1S/C18H23N3O2/c1-13-5-3-7-15(11-13)18-19-16(23-20-18)8-9-17(22)21-10-4-6-14(2)12-21/h3,5,7,11,14H,4,6,8-10,12H2,1-2H3. The zero-order chi connectivity index (χ0) is 16.2. The van der Waals surface area contributed by atoms with Crippen LogP contribution in [0, 0.1) is 12.8 Å². The smallest absolute Gasteiger partial charge is 0.227 e. The third-order valence-electron chi connectivity index (χ3n) is 4.31. The number of nitrogens with zero attached hydrogens (tertiary/aromatic N) is 3. The summed E-state index contributed by atoms with van der Waals surface area (Å²) >= 11 is 0. The summed E-state index contributed by atoms with van der Waals surface area (Å²) in [7, 11) is 0. The minimum atomic E-state index is 0.187. The highest BCUT2D eigenvalue weighted by molar-refractivity contribution is 5.76. The topological polar surface area (TPSA) is 59.2 Å². The Labute approximate surface area is 136 Å². The van der Waals surface area contributed by atoms with E-state index in [9.17, 15) is 4.79 Å². The Hall–Kier alpha value is -2.17. The summed E-state index contributed by atoms with van der Waals surface area (Å²) < 4.78 is 5.29. The van der Waals surface area contributed by atoms with Crippen LogP contribution in [0.15, 0.2) is 28.8 Å². The van der Waals surface area contributed by atoms with Crippen LogP contribution in [0.3, 0.4) is 0 Å². The van der Waals surface area contributed by atoms with Crippen molar-refractivity contribution in [2.45, 2.75) is 39.5 Å². The second-order valence-corrected chi connectivity index (χ2v) is 6.47. The first-order valence-electron chi connectivity index (χ1n) is 8.29. The lowest BCUT2D eigenvalue weighted by molar-refractivity contribution is -0.132. The van der Waals surface area contributed by atoms with Gasteiger partial charge in [-0.3, -0.25) is 4.79 Å². The Morgan fingerprint density at radius 1 is 1.43 bits per heavy atom. The van der Waals surface area contributed by atoms with Gasteiger partial charge < -0.3 is 9.42 Å². The first-order chi connectivity index (χ1) is 11.1. The number of likely N-dealkylation sites (tertiary alicyclic amines) is 1. The van der Waals surface area contributed by atoms with E-state index in [1.54, 1.807) is 0 Å². The van der Waals surface area contributed by atoms with E-state index in [2.05, 4.69) is 17.1 Å². The molecule has 3 rings (SSSR count). The molecule has 1 atom stereocenters. The average Bonchev–Trinajstić information content (AvgIpc) is 3.01. The molecule has 1 fully saturated rings. The summed E-state index contributed by atoms with van der Waals surface area (Å²) in [5.74, 6) is 1.90. The number of aromatic nitrogens is 2. The fourth-order valence-corrected chi connectivity index (χ4v) is 3.05. The molecule has 1 aromatic carbocycles. The van der Waals surface area contributed by atoms with Gasteiger partial charge >= 0.3 is 0 Å². The van der Waals surface area contributed by atoms with Gasteiger partial charge in [-0.1, -0.05) is 35.8 Å². The Kier molecular flexibility index (Phi) is 4.74. The van der Waals surface area contributed by atoms with E-state index in [1.807, 2.05) is 36.1 Å². The molecule has 0 spiro atoms. The van der Waals surface area contributed by atoms with Gasteiger partial charge in [-0.15, -0.1) is 0 Å². The molecule has 122 valence electrons. The molecule has 1 amide bonds. The zero-order valence-electron chi connectivity index (χ0n) is 13.8. The molecule has 1 saturated heterocycles. The normalized spacial score (nSPS) is 18.2. The maximum absolute atomic E-state index is 12.3. The number of piperidine rings is 1. The lowest BCUT2D eigenvalue weighted by Crippen LogP contribution is -2.39. The molecular formula is C18H23N3O2. The average molecular weight is 313 g/mol. The molecular weight excluding hydrogens is 290 g/mol. The van der Waals surface area contributed by atoms with Crippen LogP contribution < -0.4 is 0 Å². The van der Waals surface area contributed by atoms with Crippen molar-refractivity contribution in [3.63, 3.8) is 0 Å². The van der Waals surface area contributed by atoms with E-state index in [1.165, 1.54) is 6.42 Å². The van der Waals surface area contributed by atoms with Crippen LogP contribution in [-0.4, -0.2) is 34.0 Å². The SMILES string of the molecule is Cc1cccc(-c2noc(CCC(=O)N3CCCC(C)C3)n2)c1. The fourth-order valence-electron chi connectivity index (χ4n) is 3.05. The first-order valence-corrected chi connectivity index (χ1v) is 8.29. The van der Waals surface area contributed by atoms with Crippen LogP contribution in [0.5, 0.6) is 0 Å². The number of aryl methyl sites for hydroxylation is 2. The molecule has 1 aliphatic rings. The van der Waals surface area contributed by atoms with Gasteiger partial charge in [-0.25, -0.2) is 0 Å². The summed E-state index contributed by atoms with van der Waals surface area (Å²) in [6.45, 7) is 5.98. The molecule has 0 saturated carbocycles. The van der Waals surface area contributed by atoms with Gasteiger partial charge in [0.1, 0.15) is 0 Å². The van der Waals surface area contributed by atoms with Gasteiger partial charge in [0.25, 0.3) is 0 Å². The van der Waals surface area contributed by atoms with E-state index >= 15 is 0 Å². The minimum absolute atomic E-state index is 0.187. The molecule has 1 aromatic heterocycles. The number of rotatable bonds is 4. The van der Waals surface area contributed by atoms with Gasteiger partial charge in [0, 0.05) is 31.5 Å². The largest absolute Gasteiger partial charge is 0.342 e. The van der Waals surface area contributed by atoms with Gasteiger partial charge in [-0.05, 0) is 31.7 Å². The molecule has 5 heteroatoms. The van der Waals surface area contributed by atoms with Gasteiger partial charge in [0.15, 0.2) is 0 Å². The van der Waals surface area contributed by atoms with Crippen molar-refractivity contribution >= 4 is 5.91 Å². The highest BCUT2D eigenvalue weighted by Gasteiger charge is 2.21. The van der Waals surface area contributed by atoms with Crippen molar-refractivity contribution in [3.05, 3.63) is 35.7 Å².